The Morgan fingerprint density at radius 3 is 2.73 bits per heavy atom. The Bertz CT molecular complexity index is 865. The maximum absolute atomic E-state index is 12.7. The lowest BCUT2D eigenvalue weighted by atomic mass is 9.85. The molecule has 0 aliphatic carbocycles. The number of aliphatic hydroxyl groups is 3. The number of aliphatic hydroxyl groups excluding tert-OH is 1. The summed E-state index contributed by atoms with van der Waals surface area (Å²) < 4.78 is 45.2. The number of carbonyl (C=O) groups is 1. The zero-order valence-corrected chi connectivity index (χ0v) is 17.2. The molecule has 0 aromatic rings. The van der Waals surface area contributed by atoms with Crippen molar-refractivity contribution in [1.29, 1.82) is 5.41 Å². The molecule has 0 aromatic heterocycles. The van der Waals surface area contributed by atoms with Crippen LogP contribution in [0, 0.1) is 5.41 Å². The van der Waals surface area contributed by atoms with E-state index >= 15 is 0 Å². The SMILES string of the molecule is C=C/C=C(\C=C/COC(F)(F)F)C(=O)O[C@H]1CN2C(=N)N[C@@H](CO)[C@@H]3N[C@H](N)N[C@@]32C1(O)O. The molecule has 184 valence electrons. The minimum Gasteiger partial charge on any atom is -0.451 e. The summed E-state index contributed by atoms with van der Waals surface area (Å²) in [4.78, 5) is 13.9. The Kier molecular flexibility index (Phi) is 6.86. The zero-order chi connectivity index (χ0) is 24.6. The summed E-state index contributed by atoms with van der Waals surface area (Å²) in [6.07, 6.45) is -3.13. The molecule has 3 aliphatic heterocycles. The normalized spacial score (nSPS) is 33.6. The second-order valence-corrected chi connectivity index (χ2v) is 7.56. The van der Waals surface area contributed by atoms with Gasteiger partial charge in [-0.25, -0.2) is 4.79 Å². The average Bonchev–Trinajstić information content (AvgIpc) is 3.18. The first-order chi connectivity index (χ1) is 15.4. The van der Waals surface area contributed by atoms with E-state index < -0.39 is 61.5 Å². The first-order valence-electron chi connectivity index (χ1n) is 9.76. The lowest BCUT2D eigenvalue weighted by Gasteiger charge is -2.51. The van der Waals surface area contributed by atoms with Crippen molar-refractivity contribution in [3.63, 3.8) is 0 Å². The molecule has 0 radical (unpaired) electrons. The fourth-order valence-corrected chi connectivity index (χ4v) is 4.26. The van der Waals surface area contributed by atoms with Crippen molar-refractivity contribution in [2.45, 2.75) is 42.3 Å². The van der Waals surface area contributed by atoms with E-state index in [1.807, 2.05) is 0 Å². The van der Waals surface area contributed by atoms with E-state index in [0.29, 0.717) is 0 Å². The second kappa shape index (κ2) is 9.02. The Morgan fingerprint density at radius 2 is 2.12 bits per heavy atom. The van der Waals surface area contributed by atoms with Crippen LogP contribution in [0.2, 0.25) is 0 Å². The van der Waals surface area contributed by atoms with Crippen LogP contribution in [0.15, 0.2) is 36.5 Å². The van der Waals surface area contributed by atoms with Gasteiger partial charge in [-0.1, -0.05) is 18.7 Å². The number of hydrogen-bond acceptors (Lipinski definition) is 10. The number of ether oxygens (including phenoxy) is 2. The monoisotopic (exact) mass is 478 g/mol. The number of allylic oxidation sites excluding steroid dienone is 2. The van der Waals surface area contributed by atoms with Gasteiger partial charge >= 0.3 is 12.3 Å². The van der Waals surface area contributed by atoms with Crippen LogP contribution in [-0.2, 0) is 14.3 Å². The van der Waals surface area contributed by atoms with E-state index in [4.69, 9.17) is 15.9 Å². The fraction of sp³-hybridized carbons (Fsp3) is 0.556. The van der Waals surface area contributed by atoms with Crippen LogP contribution < -0.4 is 21.7 Å². The van der Waals surface area contributed by atoms with Crippen LogP contribution in [0.3, 0.4) is 0 Å². The van der Waals surface area contributed by atoms with Gasteiger partial charge in [-0.05, 0) is 12.2 Å². The van der Waals surface area contributed by atoms with E-state index in [1.165, 1.54) is 11.0 Å². The lowest BCUT2D eigenvalue weighted by Crippen LogP contribution is -2.81. The molecule has 0 amide bonds. The molecule has 5 atom stereocenters. The number of guanidine groups is 1. The molecule has 3 saturated heterocycles. The van der Waals surface area contributed by atoms with Gasteiger partial charge in [0.05, 0.1) is 37.4 Å². The van der Waals surface area contributed by atoms with Gasteiger partial charge in [0.2, 0.25) is 5.79 Å². The minimum absolute atomic E-state index is 0.235. The number of nitrogens with zero attached hydrogens (tertiary/aromatic N) is 1. The molecule has 3 aliphatic rings. The molecule has 12 nitrogen and oxygen atoms in total. The summed E-state index contributed by atoms with van der Waals surface area (Å²) in [7, 11) is 0. The van der Waals surface area contributed by atoms with Gasteiger partial charge in [-0.3, -0.25) is 20.8 Å². The fourth-order valence-electron chi connectivity index (χ4n) is 4.26. The van der Waals surface area contributed by atoms with Crippen LogP contribution in [-0.4, -0.2) is 94.2 Å². The maximum Gasteiger partial charge on any atom is 0.522 e. The third-order valence-corrected chi connectivity index (χ3v) is 5.58. The van der Waals surface area contributed by atoms with Gasteiger partial charge in [0.15, 0.2) is 17.7 Å². The Labute approximate surface area is 186 Å². The average molecular weight is 478 g/mol. The summed E-state index contributed by atoms with van der Waals surface area (Å²) in [5.41, 5.74) is 3.82. The third-order valence-electron chi connectivity index (χ3n) is 5.58. The van der Waals surface area contributed by atoms with E-state index in [2.05, 4.69) is 27.3 Å². The van der Waals surface area contributed by atoms with E-state index in [-0.39, 0.29) is 18.1 Å². The molecule has 1 spiro atoms. The lowest BCUT2D eigenvalue weighted by molar-refractivity contribution is -0.319. The number of esters is 1. The van der Waals surface area contributed by atoms with Crippen LogP contribution >= 0.6 is 0 Å². The van der Waals surface area contributed by atoms with Crippen molar-refractivity contribution in [2.24, 2.45) is 5.73 Å². The molecular formula is C18H25F3N6O6. The molecule has 3 heterocycles. The number of rotatable bonds is 7. The molecule has 9 N–H and O–H groups in total. The molecule has 0 saturated carbocycles. The summed E-state index contributed by atoms with van der Waals surface area (Å²) in [5, 5.41) is 48.4. The molecule has 33 heavy (non-hydrogen) atoms. The van der Waals surface area contributed by atoms with Gasteiger partial charge < -0.3 is 36.0 Å². The smallest absolute Gasteiger partial charge is 0.451 e. The Balaban J connectivity index is 1.82. The molecule has 15 heteroatoms. The summed E-state index contributed by atoms with van der Waals surface area (Å²) >= 11 is 0. The second-order valence-electron chi connectivity index (χ2n) is 7.56. The topological polar surface area (TPSA) is 185 Å². The molecule has 0 bridgehead atoms. The Morgan fingerprint density at radius 1 is 1.42 bits per heavy atom. The minimum atomic E-state index is -4.85. The summed E-state index contributed by atoms with van der Waals surface area (Å²) in [6, 6.07) is -1.73. The predicted molar refractivity (Wildman–Crippen MR) is 106 cm³/mol. The van der Waals surface area contributed by atoms with E-state index in [1.54, 1.807) is 0 Å². The highest BCUT2D eigenvalue weighted by molar-refractivity contribution is 5.92. The van der Waals surface area contributed by atoms with Gasteiger partial charge in [0.25, 0.3) is 0 Å². The molecule has 0 unspecified atom stereocenters. The summed E-state index contributed by atoms with van der Waals surface area (Å²) in [5.74, 6) is -4.15. The van der Waals surface area contributed by atoms with Gasteiger partial charge in [0, 0.05) is 0 Å². The third kappa shape index (κ3) is 4.48. The quantitative estimate of drug-likeness (QED) is 0.0837. The molecule has 3 fully saturated rings. The number of carbonyl (C=O) groups excluding carboxylic acids is 1. The molecule has 0 aromatic carbocycles. The van der Waals surface area contributed by atoms with Crippen molar-refractivity contribution < 1.29 is 42.8 Å². The van der Waals surface area contributed by atoms with E-state index in [9.17, 15) is 33.3 Å². The highest BCUT2D eigenvalue weighted by Gasteiger charge is 2.74. The standard InChI is InChI=1S/C18H25F3N6O6/c1-2-4-9(5-3-6-32-18(19,20)21)13(29)33-11-7-27-15(23)24-10(8-28)12-16(27,17(11,30)31)26-14(22)25-12/h2-5,10-12,14,25-26,28,30-31H,1,6-8,22H2,(H2,23,24)/b5-3-,9-4+/t10-,11-,12-,14-,16-/m0/s1. The van der Waals surface area contributed by atoms with Crippen LogP contribution in [0.25, 0.3) is 0 Å². The van der Waals surface area contributed by atoms with Gasteiger partial charge in [0.1, 0.15) is 6.29 Å². The van der Waals surface area contributed by atoms with Crippen molar-refractivity contribution in [3.8, 4) is 0 Å². The maximum atomic E-state index is 12.7. The van der Waals surface area contributed by atoms with Gasteiger partial charge in [-0.2, -0.15) is 0 Å². The first-order valence-corrected chi connectivity index (χ1v) is 9.76. The number of nitrogens with one attached hydrogen (secondary N) is 4. The van der Waals surface area contributed by atoms with Crippen LogP contribution in [0.5, 0.6) is 0 Å². The molecular weight excluding hydrogens is 453 g/mol. The van der Waals surface area contributed by atoms with E-state index in [0.717, 1.165) is 18.2 Å². The predicted octanol–water partition coefficient (Wildman–Crippen LogP) is -2.50. The van der Waals surface area contributed by atoms with Gasteiger partial charge in [-0.15, -0.1) is 13.2 Å². The number of nitrogens with two attached hydrogens (primary N) is 1. The summed E-state index contributed by atoms with van der Waals surface area (Å²) in [6.45, 7) is 1.74. The van der Waals surface area contributed by atoms with Crippen molar-refractivity contribution in [2.75, 3.05) is 19.8 Å². The Hall–Kier alpha value is -2.53. The highest BCUT2D eigenvalue weighted by Crippen LogP contribution is 2.44. The molecule has 3 rings (SSSR count). The number of halogens is 3. The number of hydrogen-bond donors (Lipinski definition) is 8. The highest BCUT2D eigenvalue weighted by atomic mass is 19.4. The zero-order valence-electron chi connectivity index (χ0n) is 17.2. The first kappa shape index (κ1) is 25.1. The van der Waals surface area contributed by atoms with Crippen molar-refractivity contribution >= 4 is 11.9 Å². The van der Waals surface area contributed by atoms with Crippen LogP contribution in [0.4, 0.5) is 13.2 Å². The van der Waals surface area contributed by atoms with Crippen molar-refractivity contribution in [1.82, 2.24) is 20.9 Å². The number of alkyl halides is 3. The van der Waals surface area contributed by atoms with Crippen molar-refractivity contribution in [3.05, 3.63) is 36.5 Å². The largest absolute Gasteiger partial charge is 0.522 e. The van der Waals surface area contributed by atoms with Crippen LogP contribution in [0.1, 0.15) is 0 Å².